The fourth-order valence-electron chi connectivity index (χ4n) is 6.21. The lowest BCUT2D eigenvalue weighted by Crippen LogP contribution is -2.45. The maximum atomic E-state index is 13.0. The van der Waals surface area contributed by atoms with E-state index in [9.17, 15) is 9.59 Å². The third kappa shape index (κ3) is 15.3. The average molecular weight is 632 g/mol. The number of carbonyl (C=O) groups is 2. The molecule has 5 nitrogen and oxygen atoms in total. The van der Waals surface area contributed by atoms with Gasteiger partial charge in [0.1, 0.15) is 0 Å². The molecule has 0 atom stereocenters. The Morgan fingerprint density at radius 3 is 0.915 bits per heavy atom. The van der Waals surface area contributed by atoms with E-state index in [4.69, 9.17) is 0 Å². The summed E-state index contributed by atoms with van der Waals surface area (Å²) in [5.74, 6) is -0.103. The normalized spacial score (nSPS) is 11.1. The third-order valence-electron chi connectivity index (χ3n) is 8.74. The van der Waals surface area contributed by atoms with Gasteiger partial charge in [-0.05, 0) is 99.3 Å². The second-order valence-corrected chi connectivity index (χ2v) is 12.6. The molecule has 248 valence electrons. The summed E-state index contributed by atoms with van der Waals surface area (Å²) in [7, 11) is 0. The highest BCUT2D eigenvalue weighted by atomic mass is 16.2. The van der Waals surface area contributed by atoms with E-state index in [-0.39, 0.29) is 37.0 Å². The maximum Gasteiger partial charge on any atom is 0.234 e. The molecule has 4 rings (SSSR count). The van der Waals surface area contributed by atoms with Gasteiger partial charge in [0.15, 0.2) is 0 Å². The molecule has 0 bridgehead atoms. The maximum absolute atomic E-state index is 13.0. The fraction of sp³-hybridized carbons (Fsp3) is 0.381. The highest BCUT2D eigenvalue weighted by molar-refractivity contribution is 5.81. The topological polar surface area (TPSA) is 70.2 Å². The monoisotopic (exact) mass is 631 g/mol. The van der Waals surface area contributed by atoms with E-state index in [1.165, 1.54) is 22.3 Å². The van der Waals surface area contributed by atoms with Crippen LogP contribution in [0.15, 0.2) is 121 Å². The molecule has 0 unspecified atom stereocenters. The van der Waals surface area contributed by atoms with Crippen LogP contribution in [0.3, 0.4) is 0 Å². The van der Waals surface area contributed by atoms with Crippen LogP contribution in [0, 0.1) is 0 Å². The van der Waals surface area contributed by atoms with Crippen molar-refractivity contribution in [2.45, 2.75) is 89.1 Å². The molecule has 0 aromatic heterocycles. The molecule has 0 saturated carbocycles. The molecule has 0 fully saturated rings. The number of hydrogen-bond acceptors (Lipinski definition) is 3. The molecular weight excluding hydrogens is 578 g/mol. The van der Waals surface area contributed by atoms with Gasteiger partial charge in [0, 0.05) is 12.1 Å². The Labute approximate surface area is 282 Å². The predicted molar refractivity (Wildman–Crippen MR) is 194 cm³/mol. The number of aryl methyl sites for hydroxylation is 4. The van der Waals surface area contributed by atoms with Gasteiger partial charge in [0.05, 0.1) is 13.1 Å². The van der Waals surface area contributed by atoms with E-state index >= 15 is 0 Å². The largest absolute Gasteiger partial charge is 0.352 e. The second-order valence-electron chi connectivity index (χ2n) is 12.6. The second kappa shape index (κ2) is 21.6. The van der Waals surface area contributed by atoms with Crippen LogP contribution in [0.25, 0.3) is 0 Å². The van der Waals surface area contributed by atoms with Crippen molar-refractivity contribution in [2.75, 3.05) is 13.1 Å². The van der Waals surface area contributed by atoms with E-state index in [1.807, 2.05) is 24.3 Å². The number of nitrogens with one attached hydrogen (secondary N) is 3. The molecule has 5 heteroatoms. The third-order valence-corrected chi connectivity index (χ3v) is 8.74. The highest BCUT2D eigenvalue weighted by Crippen LogP contribution is 2.14. The zero-order valence-electron chi connectivity index (χ0n) is 27.9. The van der Waals surface area contributed by atoms with E-state index in [1.54, 1.807) is 0 Å². The first-order valence-electron chi connectivity index (χ1n) is 17.6. The quantitative estimate of drug-likeness (QED) is 0.0835. The van der Waals surface area contributed by atoms with Crippen molar-refractivity contribution in [2.24, 2.45) is 0 Å². The standard InChI is InChI=1S/C42H53N3O2/c46-41(44-39(29-13-25-35-17-5-1-6-18-35)30-14-26-36-19-7-2-8-20-36)33-43-34-42(47)45-40(31-15-27-37-21-9-3-10-22-37)32-16-28-38-23-11-4-12-24-38/h1-12,17-24,39-40,43H,13-16,25-34H2,(H,44,46)(H,45,47). The molecule has 0 radical (unpaired) electrons. The van der Waals surface area contributed by atoms with Crippen LogP contribution in [0.5, 0.6) is 0 Å². The highest BCUT2D eigenvalue weighted by Gasteiger charge is 2.15. The molecule has 47 heavy (non-hydrogen) atoms. The zero-order chi connectivity index (χ0) is 32.8. The molecule has 3 N–H and O–H groups in total. The summed E-state index contributed by atoms with van der Waals surface area (Å²) < 4.78 is 0. The van der Waals surface area contributed by atoms with E-state index in [0.29, 0.717) is 0 Å². The number of benzene rings is 4. The van der Waals surface area contributed by atoms with E-state index in [2.05, 4.69) is 113 Å². The summed E-state index contributed by atoms with van der Waals surface area (Å²) in [6, 6.07) is 42.3. The Morgan fingerprint density at radius 1 is 0.404 bits per heavy atom. The minimum atomic E-state index is -0.0514. The summed E-state index contributed by atoms with van der Waals surface area (Å²) in [5.41, 5.74) is 5.31. The van der Waals surface area contributed by atoms with Gasteiger partial charge in [-0.15, -0.1) is 0 Å². The Bertz CT molecular complexity index is 1200. The first-order valence-corrected chi connectivity index (χ1v) is 17.6. The number of rotatable bonds is 22. The van der Waals surface area contributed by atoms with Crippen molar-refractivity contribution in [1.82, 2.24) is 16.0 Å². The molecule has 0 saturated heterocycles. The molecular formula is C42H53N3O2. The molecule has 4 aromatic rings. The number of hydrogen-bond donors (Lipinski definition) is 3. The van der Waals surface area contributed by atoms with Crippen molar-refractivity contribution in [1.29, 1.82) is 0 Å². The molecule has 0 aliphatic carbocycles. The van der Waals surface area contributed by atoms with Gasteiger partial charge >= 0.3 is 0 Å². The Hall–Kier alpha value is -4.22. The summed E-state index contributed by atoms with van der Waals surface area (Å²) in [4.78, 5) is 25.9. The van der Waals surface area contributed by atoms with E-state index in [0.717, 1.165) is 77.0 Å². The fourth-order valence-corrected chi connectivity index (χ4v) is 6.21. The SMILES string of the molecule is O=C(CNCC(=O)NC(CCCc1ccccc1)CCCc1ccccc1)NC(CCCc1ccccc1)CCCc1ccccc1. The van der Waals surface area contributed by atoms with Gasteiger partial charge in [-0.3, -0.25) is 14.9 Å². The van der Waals surface area contributed by atoms with Crippen molar-refractivity contribution < 1.29 is 9.59 Å². The minimum absolute atomic E-state index is 0.0514. The van der Waals surface area contributed by atoms with Gasteiger partial charge in [-0.25, -0.2) is 0 Å². The Kier molecular flexibility index (Phi) is 16.3. The van der Waals surface area contributed by atoms with Crippen molar-refractivity contribution in [3.8, 4) is 0 Å². The minimum Gasteiger partial charge on any atom is -0.352 e. The smallest absolute Gasteiger partial charge is 0.234 e. The summed E-state index contributed by atoms with van der Waals surface area (Å²) >= 11 is 0. The van der Waals surface area contributed by atoms with Crippen LogP contribution in [-0.2, 0) is 35.3 Å². The van der Waals surface area contributed by atoms with Crippen LogP contribution in [-0.4, -0.2) is 37.0 Å². The summed E-state index contributed by atoms with van der Waals surface area (Å²) in [6.45, 7) is 0.266. The molecule has 0 heterocycles. The van der Waals surface area contributed by atoms with Crippen LogP contribution >= 0.6 is 0 Å². The van der Waals surface area contributed by atoms with E-state index < -0.39 is 0 Å². The van der Waals surface area contributed by atoms with Gasteiger partial charge in [0.25, 0.3) is 0 Å². The first kappa shape index (κ1) is 35.6. The lowest BCUT2D eigenvalue weighted by Gasteiger charge is -2.20. The van der Waals surface area contributed by atoms with Crippen molar-refractivity contribution in [3.63, 3.8) is 0 Å². The molecule has 4 aromatic carbocycles. The van der Waals surface area contributed by atoms with Crippen molar-refractivity contribution >= 4 is 11.8 Å². The zero-order valence-corrected chi connectivity index (χ0v) is 27.9. The lowest BCUT2D eigenvalue weighted by atomic mass is 9.99. The van der Waals surface area contributed by atoms with Crippen LogP contribution in [0.2, 0.25) is 0 Å². The summed E-state index contributed by atoms with van der Waals surface area (Å²) in [5, 5.41) is 9.62. The van der Waals surface area contributed by atoms with Crippen LogP contribution in [0.1, 0.15) is 73.6 Å². The predicted octanol–water partition coefficient (Wildman–Crippen LogP) is 7.64. The first-order chi connectivity index (χ1) is 23.1. The number of amides is 2. The molecule has 2 amide bonds. The van der Waals surface area contributed by atoms with Gasteiger partial charge in [-0.1, -0.05) is 121 Å². The number of carbonyl (C=O) groups excluding carboxylic acids is 2. The Morgan fingerprint density at radius 2 is 0.660 bits per heavy atom. The van der Waals surface area contributed by atoms with Crippen molar-refractivity contribution in [3.05, 3.63) is 144 Å². The molecule has 0 spiro atoms. The van der Waals surface area contributed by atoms with Crippen LogP contribution in [0.4, 0.5) is 0 Å². The average Bonchev–Trinajstić information content (AvgIpc) is 3.10. The van der Waals surface area contributed by atoms with Gasteiger partial charge in [-0.2, -0.15) is 0 Å². The van der Waals surface area contributed by atoms with Gasteiger partial charge in [0.2, 0.25) is 11.8 Å². The lowest BCUT2D eigenvalue weighted by molar-refractivity contribution is -0.122. The molecule has 0 aliphatic rings. The Balaban J connectivity index is 1.20. The summed E-state index contributed by atoms with van der Waals surface area (Å²) in [6.07, 6.45) is 11.8. The van der Waals surface area contributed by atoms with Gasteiger partial charge < -0.3 is 10.6 Å². The molecule has 0 aliphatic heterocycles. The van der Waals surface area contributed by atoms with Crippen LogP contribution < -0.4 is 16.0 Å².